The van der Waals surface area contributed by atoms with Gasteiger partial charge in [-0.05, 0) is 43.5 Å². The number of ether oxygens (including phenoxy) is 2. The van der Waals surface area contributed by atoms with Crippen molar-refractivity contribution in [2.75, 3.05) is 41.0 Å². The van der Waals surface area contributed by atoms with E-state index in [0.717, 1.165) is 24.6 Å². The standard InChI is InChI=1S/C19H31NO3/c1-15(13-21)12-20(2)14-19(9-5-6-10-19)16-7-8-17(22-3)18(11-16)23-4/h7-8,11,15,21H,5-6,9-10,12-14H2,1-4H3. The van der Waals surface area contributed by atoms with Crippen LogP contribution in [0.1, 0.15) is 38.2 Å². The van der Waals surface area contributed by atoms with Crippen LogP contribution in [0.3, 0.4) is 0 Å². The molecule has 1 aliphatic rings. The number of aliphatic hydroxyl groups is 1. The van der Waals surface area contributed by atoms with Crippen LogP contribution in [0.2, 0.25) is 0 Å². The van der Waals surface area contributed by atoms with Crippen LogP contribution in [-0.2, 0) is 5.41 Å². The third kappa shape index (κ3) is 4.18. The van der Waals surface area contributed by atoms with E-state index < -0.39 is 0 Å². The van der Waals surface area contributed by atoms with E-state index in [2.05, 4.69) is 31.0 Å². The molecule has 1 aromatic rings. The van der Waals surface area contributed by atoms with Gasteiger partial charge in [0.2, 0.25) is 0 Å². The van der Waals surface area contributed by atoms with Gasteiger partial charge < -0.3 is 19.5 Å². The Hall–Kier alpha value is -1.26. The smallest absolute Gasteiger partial charge is 0.161 e. The largest absolute Gasteiger partial charge is 0.493 e. The average Bonchev–Trinajstić information content (AvgIpc) is 3.03. The highest BCUT2D eigenvalue weighted by Crippen LogP contribution is 2.44. The summed E-state index contributed by atoms with van der Waals surface area (Å²) in [7, 11) is 5.53. The number of hydrogen-bond acceptors (Lipinski definition) is 4. The Labute approximate surface area is 140 Å². The van der Waals surface area contributed by atoms with E-state index >= 15 is 0 Å². The summed E-state index contributed by atoms with van der Waals surface area (Å²) in [6.07, 6.45) is 4.97. The molecule has 1 atom stereocenters. The first-order valence-electron chi connectivity index (χ1n) is 8.56. The summed E-state index contributed by atoms with van der Waals surface area (Å²) in [5.41, 5.74) is 1.53. The predicted molar refractivity (Wildman–Crippen MR) is 93.4 cm³/mol. The minimum absolute atomic E-state index is 0.184. The van der Waals surface area contributed by atoms with Crippen molar-refractivity contribution in [3.63, 3.8) is 0 Å². The highest BCUT2D eigenvalue weighted by Gasteiger charge is 2.37. The Kier molecular flexibility index (Phi) is 6.31. The van der Waals surface area contributed by atoms with Crippen LogP contribution in [0.5, 0.6) is 11.5 Å². The van der Waals surface area contributed by atoms with Gasteiger partial charge in [-0.1, -0.05) is 25.8 Å². The van der Waals surface area contributed by atoms with Crippen LogP contribution in [0.15, 0.2) is 18.2 Å². The lowest BCUT2D eigenvalue weighted by Gasteiger charge is -2.35. The lowest BCUT2D eigenvalue weighted by molar-refractivity contribution is 0.169. The van der Waals surface area contributed by atoms with E-state index in [4.69, 9.17) is 9.47 Å². The molecule has 0 spiro atoms. The fourth-order valence-electron chi connectivity index (χ4n) is 3.93. The Morgan fingerprint density at radius 2 is 1.83 bits per heavy atom. The average molecular weight is 321 g/mol. The van der Waals surface area contributed by atoms with Gasteiger partial charge in [-0.25, -0.2) is 0 Å². The van der Waals surface area contributed by atoms with Crippen molar-refractivity contribution in [1.29, 1.82) is 0 Å². The van der Waals surface area contributed by atoms with Gasteiger partial charge >= 0.3 is 0 Å². The van der Waals surface area contributed by atoms with E-state index in [0.29, 0.717) is 5.92 Å². The van der Waals surface area contributed by atoms with Gasteiger partial charge in [0.05, 0.1) is 14.2 Å². The van der Waals surface area contributed by atoms with Crippen molar-refractivity contribution in [1.82, 2.24) is 4.90 Å². The molecule has 0 saturated heterocycles. The molecular weight excluding hydrogens is 290 g/mol. The van der Waals surface area contributed by atoms with Gasteiger partial charge in [0.1, 0.15) is 0 Å². The molecule has 0 radical (unpaired) electrons. The van der Waals surface area contributed by atoms with E-state index in [1.807, 2.05) is 6.07 Å². The van der Waals surface area contributed by atoms with Crippen molar-refractivity contribution in [3.05, 3.63) is 23.8 Å². The Balaban J connectivity index is 2.23. The lowest BCUT2D eigenvalue weighted by Crippen LogP contribution is -2.39. The predicted octanol–water partition coefficient (Wildman–Crippen LogP) is 3.08. The van der Waals surface area contributed by atoms with E-state index in [-0.39, 0.29) is 12.0 Å². The number of nitrogens with zero attached hydrogens (tertiary/aromatic N) is 1. The molecule has 2 rings (SSSR count). The molecule has 0 heterocycles. The van der Waals surface area contributed by atoms with Gasteiger partial charge in [0, 0.05) is 25.1 Å². The highest BCUT2D eigenvalue weighted by molar-refractivity contribution is 5.45. The maximum atomic E-state index is 9.29. The van der Waals surface area contributed by atoms with Crippen LogP contribution in [-0.4, -0.2) is 51.0 Å². The molecule has 1 aliphatic carbocycles. The van der Waals surface area contributed by atoms with Gasteiger partial charge in [-0.15, -0.1) is 0 Å². The lowest BCUT2D eigenvalue weighted by atomic mass is 9.78. The quantitative estimate of drug-likeness (QED) is 0.799. The topological polar surface area (TPSA) is 41.9 Å². The number of likely N-dealkylation sites (N-methyl/N-ethyl adjacent to an activating group) is 1. The van der Waals surface area contributed by atoms with E-state index in [1.165, 1.54) is 31.2 Å². The first-order valence-corrected chi connectivity index (χ1v) is 8.56. The summed E-state index contributed by atoms with van der Waals surface area (Å²) in [6.45, 7) is 4.28. The van der Waals surface area contributed by atoms with Crippen LogP contribution < -0.4 is 9.47 Å². The van der Waals surface area contributed by atoms with Gasteiger partial charge in [0.25, 0.3) is 0 Å². The van der Waals surface area contributed by atoms with Crippen molar-refractivity contribution in [2.24, 2.45) is 5.92 Å². The second-order valence-corrected chi connectivity index (χ2v) is 7.04. The first kappa shape index (κ1) is 18.1. The summed E-state index contributed by atoms with van der Waals surface area (Å²) >= 11 is 0. The SMILES string of the molecule is COc1ccc(C2(CN(C)CC(C)CO)CCCC2)cc1OC. The second-order valence-electron chi connectivity index (χ2n) is 7.04. The van der Waals surface area contributed by atoms with Crippen molar-refractivity contribution < 1.29 is 14.6 Å². The molecule has 0 bridgehead atoms. The van der Waals surface area contributed by atoms with Crippen molar-refractivity contribution in [3.8, 4) is 11.5 Å². The number of aliphatic hydroxyl groups excluding tert-OH is 1. The molecule has 130 valence electrons. The molecule has 23 heavy (non-hydrogen) atoms. The molecule has 0 amide bonds. The third-order valence-electron chi connectivity index (χ3n) is 5.06. The molecular formula is C19H31NO3. The normalized spacial score (nSPS) is 18.2. The summed E-state index contributed by atoms with van der Waals surface area (Å²) < 4.78 is 10.9. The zero-order valence-electron chi connectivity index (χ0n) is 15.0. The Bertz CT molecular complexity index is 497. The number of benzene rings is 1. The minimum Gasteiger partial charge on any atom is -0.493 e. The number of hydrogen-bond donors (Lipinski definition) is 1. The third-order valence-corrected chi connectivity index (χ3v) is 5.06. The Morgan fingerprint density at radius 3 is 2.39 bits per heavy atom. The van der Waals surface area contributed by atoms with E-state index in [9.17, 15) is 5.11 Å². The van der Waals surface area contributed by atoms with Crippen molar-refractivity contribution in [2.45, 2.75) is 38.0 Å². The molecule has 1 aromatic carbocycles. The summed E-state index contributed by atoms with van der Waals surface area (Å²) in [6, 6.07) is 6.36. The van der Waals surface area contributed by atoms with Gasteiger partial charge in [0.15, 0.2) is 11.5 Å². The molecule has 4 nitrogen and oxygen atoms in total. The molecule has 0 aliphatic heterocycles. The molecule has 1 unspecified atom stereocenters. The van der Waals surface area contributed by atoms with E-state index in [1.54, 1.807) is 14.2 Å². The Morgan fingerprint density at radius 1 is 1.17 bits per heavy atom. The molecule has 1 fully saturated rings. The van der Waals surface area contributed by atoms with Crippen LogP contribution in [0.4, 0.5) is 0 Å². The maximum absolute atomic E-state index is 9.29. The zero-order valence-corrected chi connectivity index (χ0v) is 15.0. The number of methoxy groups -OCH3 is 2. The van der Waals surface area contributed by atoms with Crippen LogP contribution in [0.25, 0.3) is 0 Å². The fraction of sp³-hybridized carbons (Fsp3) is 0.684. The van der Waals surface area contributed by atoms with Gasteiger partial charge in [-0.3, -0.25) is 0 Å². The van der Waals surface area contributed by atoms with Crippen LogP contribution >= 0.6 is 0 Å². The molecule has 4 heteroatoms. The van der Waals surface area contributed by atoms with Gasteiger partial charge in [-0.2, -0.15) is 0 Å². The zero-order chi connectivity index (χ0) is 16.9. The second kappa shape index (κ2) is 8.02. The molecule has 1 saturated carbocycles. The summed E-state index contributed by atoms with van der Waals surface area (Å²) in [5, 5.41) is 9.29. The number of rotatable bonds is 8. The highest BCUT2D eigenvalue weighted by atomic mass is 16.5. The first-order chi connectivity index (χ1) is 11.0. The minimum atomic E-state index is 0.184. The summed E-state index contributed by atoms with van der Waals surface area (Å²) in [5.74, 6) is 1.90. The molecule has 0 aromatic heterocycles. The van der Waals surface area contributed by atoms with Crippen molar-refractivity contribution >= 4 is 0 Å². The maximum Gasteiger partial charge on any atom is 0.161 e. The van der Waals surface area contributed by atoms with Crippen LogP contribution in [0, 0.1) is 5.92 Å². The fourth-order valence-corrected chi connectivity index (χ4v) is 3.93. The summed E-state index contributed by atoms with van der Waals surface area (Å²) in [4.78, 5) is 2.36. The monoisotopic (exact) mass is 321 g/mol. The molecule has 1 N–H and O–H groups in total.